The summed E-state index contributed by atoms with van der Waals surface area (Å²) < 4.78 is 28.4. The van der Waals surface area contributed by atoms with Gasteiger partial charge in [0.05, 0.1) is 14.6 Å². The molecule has 1 unspecified atom stereocenters. The molecule has 3 heterocycles. The van der Waals surface area contributed by atoms with E-state index in [1.165, 1.54) is 27.8 Å². The minimum atomic E-state index is -3.76. The van der Waals surface area contributed by atoms with Crippen LogP contribution in [0.5, 0.6) is 0 Å². The number of carbonyl (C=O) groups is 1. The average molecular weight is 462 g/mol. The Labute approximate surface area is 173 Å². The van der Waals surface area contributed by atoms with E-state index in [1.807, 2.05) is 0 Å². The molecule has 4 rings (SSSR count). The first-order valence-electron chi connectivity index (χ1n) is 7.99. The number of benzene rings is 1. The number of hydrogen-bond acceptors (Lipinski definition) is 6. The largest absolute Gasteiger partial charge is 0.301 e. The molecular formula is C16H13Cl2N3O3S3. The van der Waals surface area contributed by atoms with Gasteiger partial charge in [-0.2, -0.15) is 4.31 Å². The van der Waals surface area contributed by atoms with Crippen LogP contribution in [0.25, 0.3) is 10.2 Å². The Morgan fingerprint density at radius 3 is 2.78 bits per heavy atom. The number of carbonyl (C=O) groups excluding carboxylic acids is 1. The summed E-state index contributed by atoms with van der Waals surface area (Å²) in [6.45, 7) is 0.297. The molecule has 142 valence electrons. The maximum absolute atomic E-state index is 12.9. The molecule has 1 aliphatic heterocycles. The second kappa shape index (κ2) is 7.31. The molecule has 0 bridgehead atoms. The van der Waals surface area contributed by atoms with Gasteiger partial charge in [-0.25, -0.2) is 13.4 Å². The number of fused-ring (bicyclic) bond motifs is 1. The zero-order valence-corrected chi connectivity index (χ0v) is 17.6. The molecule has 27 heavy (non-hydrogen) atoms. The van der Waals surface area contributed by atoms with E-state index in [9.17, 15) is 13.2 Å². The van der Waals surface area contributed by atoms with Crippen LogP contribution in [0.15, 0.2) is 34.5 Å². The van der Waals surface area contributed by atoms with Crippen molar-refractivity contribution in [3.63, 3.8) is 0 Å². The summed E-state index contributed by atoms with van der Waals surface area (Å²) >= 11 is 14.1. The number of hydrogen-bond donors (Lipinski definition) is 1. The van der Waals surface area contributed by atoms with Gasteiger partial charge in [0, 0.05) is 11.6 Å². The third kappa shape index (κ3) is 3.72. The van der Waals surface area contributed by atoms with Crippen molar-refractivity contribution in [1.29, 1.82) is 0 Å². The van der Waals surface area contributed by atoms with Crippen LogP contribution < -0.4 is 5.32 Å². The molecule has 0 radical (unpaired) electrons. The van der Waals surface area contributed by atoms with Crippen molar-refractivity contribution >= 4 is 77.2 Å². The molecule has 0 saturated carbocycles. The van der Waals surface area contributed by atoms with Crippen LogP contribution >= 0.6 is 45.9 Å². The van der Waals surface area contributed by atoms with E-state index in [0.717, 1.165) is 21.6 Å². The molecule has 3 aromatic rings. The topological polar surface area (TPSA) is 79.4 Å². The summed E-state index contributed by atoms with van der Waals surface area (Å²) in [5.41, 5.74) is 0.726. The maximum Gasteiger partial charge on any atom is 0.253 e. The van der Waals surface area contributed by atoms with E-state index in [2.05, 4.69) is 10.3 Å². The fraction of sp³-hybridized carbons (Fsp3) is 0.250. The Bertz CT molecular complexity index is 1130. The number of thiophene rings is 1. The standard InChI is InChI=1S/C16H13Cl2N3O3S3/c17-9-3-4-10-12(8-9)25-16(19-10)20-15(22)11-2-1-7-21(11)27(23,24)14-6-5-13(18)26-14/h3-6,8,11H,1-2,7H2,(H,19,20,22). The highest BCUT2D eigenvalue weighted by atomic mass is 35.5. The van der Waals surface area contributed by atoms with Gasteiger partial charge in [0.2, 0.25) is 5.91 Å². The number of sulfonamides is 1. The molecule has 11 heteroatoms. The zero-order chi connectivity index (χ0) is 19.2. The molecule has 6 nitrogen and oxygen atoms in total. The number of amides is 1. The first-order valence-corrected chi connectivity index (χ1v) is 11.8. The van der Waals surface area contributed by atoms with Gasteiger partial charge >= 0.3 is 0 Å². The van der Waals surface area contributed by atoms with Crippen LogP contribution in [-0.4, -0.2) is 36.2 Å². The number of halogens is 2. The van der Waals surface area contributed by atoms with Gasteiger partial charge in [-0.15, -0.1) is 11.3 Å². The molecule has 1 atom stereocenters. The maximum atomic E-state index is 12.9. The monoisotopic (exact) mass is 461 g/mol. The molecule has 2 aromatic heterocycles. The third-order valence-corrected chi connectivity index (χ3v) is 8.97. The molecule has 1 fully saturated rings. The van der Waals surface area contributed by atoms with Crippen molar-refractivity contribution in [2.24, 2.45) is 0 Å². The predicted octanol–water partition coefficient (Wildman–Crippen LogP) is 4.46. The summed E-state index contributed by atoms with van der Waals surface area (Å²) in [7, 11) is -3.76. The van der Waals surface area contributed by atoms with E-state index in [0.29, 0.717) is 33.9 Å². The molecule has 1 saturated heterocycles. The molecule has 1 N–H and O–H groups in total. The summed E-state index contributed by atoms with van der Waals surface area (Å²) in [5, 5.41) is 3.75. The summed E-state index contributed by atoms with van der Waals surface area (Å²) in [6.07, 6.45) is 1.08. The minimum absolute atomic E-state index is 0.141. The Kier molecular flexibility index (Phi) is 5.17. The highest BCUT2D eigenvalue weighted by Gasteiger charge is 2.40. The van der Waals surface area contributed by atoms with E-state index >= 15 is 0 Å². The lowest BCUT2D eigenvalue weighted by atomic mass is 10.2. The third-order valence-electron chi connectivity index (χ3n) is 4.20. The highest BCUT2D eigenvalue weighted by molar-refractivity contribution is 7.91. The quantitative estimate of drug-likeness (QED) is 0.621. The van der Waals surface area contributed by atoms with Gasteiger partial charge in [-0.3, -0.25) is 4.79 Å². The first-order chi connectivity index (χ1) is 12.8. The lowest BCUT2D eigenvalue weighted by Gasteiger charge is -2.22. The molecule has 0 aliphatic carbocycles. The molecule has 0 spiro atoms. The Morgan fingerprint density at radius 1 is 1.22 bits per heavy atom. The van der Waals surface area contributed by atoms with E-state index in [4.69, 9.17) is 23.2 Å². The number of anilines is 1. The van der Waals surface area contributed by atoms with Crippen molar-refractivity contribution in [2.45, 2.75) is 23.1 Å². The number of aromatic nitrogens is 1. The van der Waals surface area contributed by atoms with Crippen LogP contribution in [0.4, 0.5) is 5.13 Å². The van der Waals surface area contributed by atoms with Crippen LogP contribution in [-0.2, 0) is 14.8 Å². The van der Waals surface area contributed by atoms with Crippen LogP contribution in [0.1, 0.15) is 12.8 Å². The smallest absolute Gasteiger partial charge is 0.253 e. The fourth-order valence-electron chi connectivity index (χ4n) is 2.98. The normalized spacial score (nSPS) is 18.2. The first kappa shape index (κ1) is 19.1. The Morgan fingerprint density at radius 2 is 2.04 bits per heavy atom. The van der Waals surface area contributed by atoms with Gasteiger partial charge in [-0.05, 0) is 43.2 Å². The molecule has 1 aliphatic rings. The van der Waals surface area contributed by atoms with Crippen molar-refractivity contribution in [3.05, 3.63) is 39.7 Å². The van der Waals surface area contributed by atoms with Gasteiger partial charge < -0.3 is 5.32 Å². The Balaban J connectivity index is 1.56. The second-order valence-electron chi connectivity index (χ2n) is 5.95. The highest BCUT2D eigenvalue weighted by Crippen LogP contribution is 2.33. The fourth-order valence-corrected chi connectivity index (χ4v) is 7.40. The van der Waals surface area contributed by atoms with Crippen molar-refractivity contribution in [1.82, 2.24) is 9.29 Å². The van der Waals surface area contributed by atoms with E-state index in [1.54, 1.807) is 18.2 Å². The summed E-state index contributed by atoms with van der Waals surface area (Å²) in [5.74, 6) is -0.385. The zero-order valence-electron chi connectivity index (χ0n) is 13.7. The van der Waals surface area contributed by atoms with Crippen LogP contribution in [0.2, 0.25) is 9.36 Å². The predicted molar refractivity (Wildman–Crippen MR) is 110 cm³/mol. The van der Waals surface area contributed by atoms with Gasteiger partial charge in [-0.1, -0.05) is 34.5 Å². The van der Waals surface area contributed by atoms with Gasteiger partial charge in [0.25, 0.3) is 10.0 Å². The molecule has 1 aromatic carbocycles. The van der Waals surface area contributed by atoms with Crippen molar-refractivity contribution in [2.75, 3.05) is 11.9 Å². The molecular weight excluding hydrogens is 449 g/mol. The number of thiazole rings is 1. The average Bonchev–Trinajstić information content (AvgIpc) is 3.32. The van der Waals surface area contributed by atoms with Crippen molar-refractivity contribution < 1.29 is 13.2 Å². The SMILES string of the molecule is O=C(Nc1nc2ccc(Cl)cc2s1)C1CCCN1S(=O)(=O)c1ccc(Cl)s1. The van der Waals surface area contributed by atoms with Gasteiger partial charge in [0.15, 0.2) is 5.13 Å². The second-order valence-corrected chi connectivity index (χ2v) is 11.3. The van der Waals surface area contributed by atoms with E-state index in [-0.39, 0.29) is 10.1 Å². The number of nitrogens with one attached hydrogen (secondary N) is 1. The number of nitrogens with zero attached hydrogens (tertiary/aromatic N) is 2. The Hall–Kier alpha value is -1.23. The van der Waals surface area contributed by atoms with Crippen molar-refractivity contribution in [3.8, 4) is 0 Å². The summed E-state index contributed by atoms with van der Waals surface area (Å²) in [4.78, 5) is 17.1. The van der Waals surface area contributed by atoms with Gasteiger partial charge in [0.1, 0.15) is 10.3 Å². The summed E-state index contributed by atoms with van der Waals surface area (Å²) in [6, 6.07) is 7.51. The van der Waals surface area contributed by atoms with E-state index < -0.39 is 16.1 Å². The number of rotatable bonds is 4. The minimum Gasteiger partial charge on any atom is -0.301 e. The lowest BCUT2D eigenvalue weighted by molar-refractivity contribution is -0.119. The van der Waals surface area contributed by atoms with Crippen LogP contribution in [0.3, 0.4) is 0 Å². The van der Waals surface area contributed by atoms with Crippen LogP contribution in [0, 0.1) is 0 Å². The lowest BCUT2D eigenvalue weighted by Crippen LogP contribution is -2.42. The molecule has 1 amide bonds.